The number of H-pyrrole nitrogens is 1. The van der Waals surface area contributed by atoms with Crippen LogP contribution in [0.5, 0.6) is 0 Å². The molecule has 0 atom stereocenters. The molecule has 1 fully saturated rings. The fourth-order valence-electron chi connectivity index (χ4n) is 2.55. The van der Waals surface area contributed by atoms with Crippen LogP contribution in [-0.4, -0.2) is 78.2 Å². The van der Waals surface area contributed by atoms with Gasteiger partial charge in [-0.15, -0.1) is 5.10 Å². The number of aromatic nitrogens is 6. The first-order valence-electron chi connectivity index (χ1n) is 7.87. The summed E-state index contributed by atoms with van der Waals surface area (Å²) in [7, 11) is 0. The Balaban J connectivity index is 1.54. The highest BCUT2D eigenvalue weighted by Gasteiger charge is 2.26. The summed E-state index contributed by atoms with van der Waals surface area (Å²) < 4.78 is 1.39. The third-order valence-corrected chi connectivity index (χ3v) is 4.05. The third-order valence-electron chi connectivity index (χ3n) is 4.05. The zero-order chi connectivity index (χ0) is 17.1. The van der Waals surface area contributed by atoms with Crippen molar-refractivity contribution in [1.82, 2.24) is 40.2 Å². The first kappa shape index (κ1) is 16.1. The summed E-state index contributed by atoms with van der Waals surface area (Å²) in [6, 6.07) is 1.79. The van der Waals surface area contributed by atoms with Crippen LogP contribution >= 0.6 is 0 Å². The molecule has 3 heterocycles. The van der Waals surface area contributed by atoms with E-state index < -0.39 is 0 Å². The molecule has 0 aliphatic carbocycles. The van der Waals surface area contributed by atoms with Crippen molar-refractivity contribution in [3.8, 4) is 0 Å². The van der Waals surface area contributed by atoms with E-state index in [0.29, 0.717) is 37.8 Å². The van der Waals surface area contributed by atoms with Gasteiger partial charge in [-0.3, -0.25) is 14.7 Å². The van der Waals surface area contributed by atoms with Crippen molar-refractivity contribution in [2.75, 3.05) is 26.2 Å². The second-order valence-electron chi connectivity index (χ2n) is 6.04. The van der Waals surface area contributed by atoms with Crippen molar-refractivity contribution >= 4 is 11.8 Å². The van der Waals surface area contributed by atoms with E-state index in [-0.39, 0.29) is 18.4 Å². The van der Waals surface area contributed by atoms with E-state index in [1.165, 1.54) is 11.0 Å². The number of tetrazole rings is 1. The van der Waals surface area contributed by atoms with Gasteiger partial charge in [0, 0.05) is 31.9 Å². The molecule has 0 bridgehead atoms. The number of aromatic amines is 1. The molecule has 0 unspecified atom stereocenters. The second kappa shape index (κ2) is 6.77. The van der Waals surface area contributed by atoms with Crippen LogP contribution in [0.3, 0.4) is 0 Å². The standard InChI is InChI=1S/C14H20N8O2/c1-10(2)11-7-12(17-16-11)14(24)21-5-3-20(4-6-21)13(23)8-22-9-15-18-19-22/h7,9-10H,3-6,8H2,1-2H3,(H,16,17). The summed E-state index contributed by atoms with van der Waals surface area (Å²) in [5, 5.41) is 17.7. The van der Waals surface area contributed by atoms with E-state index in [1.54, 1.807) is 15.9 Å². The summed E-state index contributed by atoms with van der Waals surface area (Å²) in [5.41, 5.74) is 1.36. The lowest BCUT2D eigenvalue weighted by atomic mass is 10.1. The Morgan fingerprint density at radius 3 is 2.50 bits per heavy atom. The van der Waals surface area contributed by atoms with Crippen molar-refractivity contribution in [3.63, 3.8) is 0 Å². The average molecular weight is 332 g/mol. The van der Waals surface area contributed by atoms with Crippen molar-refractivity contribution in [2.24, 2.45) is 0 Å². The average Bonchev–Trinajstić information content (AvgIpc) is 3.26. The number of nitrogens with zero attached hydrogens (tertiary/aromatic N) is 7. The molecule has 0 saturated carbocycles. The minimum absolute atomic E-state index is 0.0590. The molecule has 10 nitrogen and oxygen atoms in total. The van der Waals surface area contributed by atoms with Gasteiger partial charge in [-0.2, -0.15) is 5.10 Å². The Kier molecular flexibility index (Phi) is 4.54. The van der Waals surface area contributed by atoms with Gasteiger partial charge >= 0.3 is 0 Å². The van der Waals surface area contributed by atoms with Gasteiger partial charge in [-0.25, -0.2) is 4.68 Å². The predicted octanol–water partition coefficient (Wildman–Crippen LogP) is -0.496. The van der Waals surface area contributed by atoms with Gasteiger partial charge in [0.15, 0.2) is 0 Å². The lowest BCUT2D eigenvalue weighted by Gasteiger charge is -2.34. The van der Waals surface area contributed by atoms with E-state index in [2.05, 4.69) is 25.7 Å². The van der Waals surface area contributed by atoms with Crippen LogP contribution in [0, 0.1) is 0 Å². The van der Waals surface area contributed by atoms with Crippen molar-refractivity contribution in [3.05, 3.63) is 23.8 Å². The van der Waals surface area contributed by atoms with Crippen molar-refractivity contribution in [1.29, 1.82) is 0 Å². The molecule has 0 aromatic carbocycles. The van der Waals surface area contributed by atoms with Gasteiger partial charge in [0.05, 0.1) is 0 Å². The smallest absolute Gasteiger partial charge is 0.274 e. The Bertz CT molecular complexity index is 700. The van der Waals surface area contributed by atoms with Gasteiger partial charge in [0.25, 0.3) is 5.91 Å². The summed E-state index contributed by atoms with van der Waals surface area (Å²) >= 11 is 0. The van der Waals surface area contributed by atoms with Gasteiger partial charge < -0.3 is 9.80 Å². The monoisotopic (exact) mass is 332 g/mol. The lowest BCUT2D eigenvalue weighted by molar-refractivity contribution is -0.133. The summed E-state index contributed by atoms with van der Waals surface area (Å²) in [6.07, 6.45) is 1.40. The largest absolute Gasteiger partial charge is 0.338 e. The molecular weight excluding hydrogens is 312 g/mol. The number of hydrogen-bond acceptors (Lipinski definition) is 6. The van der Waals surface area contributed by atoms with Crippen LogP contribution < -0.4 is 0 Å². The van der Waals surface area contributed by atoms with E-state index in [4.69, 9.17) is 0 Å². The number of nitrogens with one attached hydrogen (secondary N) is 1. The van der Waals surface area contributed by atoms with Crippen LogP contribution in [0.25, 0.3) is 0 Å². The predicted molar refractivity (Wildman–Crippen MR) is 83.0 cm³/mol. The lowest BCUT2D eigenvalue weighted by Crippen LogP contribution is -2.51. The molecule has 0 spiro atoms. The number of rotatable bonds is 4. The van der Waals surface area contributed by atoms with Crippen LogP contribution in [0.2, 0.25) is 0 Å². The molecule has 128 valence electrons. The van der Waals surface area contributed by atoms with Gasteiger partial charge in [0.1, 0.15) is 18.6 Å². The van der Waals surface area contributed by atoms with E-state index in [0.717, 1.165) is 5.69 Å². The fraction of sp³-hybridized carbons (Fsp3) is 0.571. The molecule has 1 N–H and O–H groups in total. The highest BCUT2D eigenvalue weighted by atomic mass is 16.2. The molecule has 10 heteroatoms. The molecule has 1 aliphatic rings. The van der Waals surface area contributed by atoms with Crippen LogP contribution in [0.15, 0.2) is 12.4 Å². The van der Waals surface area contributed by atoms with Crippen molar-refractivity contribution < 1.29 is 9.59 Å². The number of carbonyl (C=O) groups is 2. The second-order valence-corrected chi connectivity index (χ2v) is 6.04. The molecule has 1 saturated heterocycles. The van der Waals surface area contributed by atoms with Gasteiger partial charge in [-0.1, -0.05) is 13.8 Å². The molecule has 2 amide bonds. The Hall–Kier alpha value is -2.78. The number of amides is 2. The number of hydrogen-bond donors (Lipinski definition) is 1. The van der Waals surface area contributed by atoms with E-state index >= 15 is 0 Å². The van der Waals surface area contributed by atoms with Crippen LogP contribution in [0.1, 0.15) is 35.9 Å². The Morgan fingerprint density at radius 2 is 1.92 bits per heavy atom. The van der Waals surface area contributed by atoms with Gasteiger partial charge in [-0.05, 0) is 22.4 Å². The van der Waals surface area contributed by atoms with Crippen LogP contribution in [0.4, 0.5) is 0 Å². The summed E-state index contributed by atoms with van der Waals surface area (Å²) in [4.78, 5) is 28.1. The molecule has 0 radical (unpaired) electrons. The highest BCUT2D eigenvalue weighted by molar-refractivity contribution is 5.92. The van der Waals surface area contributed by atoms with E-state index in [9.17, 15) is 9.59 Å². The maximum absolute atomic E-state index is 12.5. The molecule has 2 aromatic heterocycles. The maximum atomic E-state index is 12.5. The van der Waals surface area contributed by atoms with Crippen molar-refractivity contribution in [2.45, 2.75) is 26.3 Å². The Morgan fingerprint density at radius 1 is 1.21 bits per heavy atom. The first-order chi connectivity index (χ1) is 11.5. The number of carbonyl (C=O) groups excluding carboxylic acids is 2. The van der Waals surface area contributed by atoms with E-state index in [1.807, 2.05) is 13.8 Å². The topological polar surface area (TPSA) is 113 Å². The Labute approximate surface area is 138 Å². The molecular formula is C14H20N8O2. The maximum Gasteiger partial charge on any atom is 0.274 e. The molecule has 1 aliphatic heterocycles. The minimum Gasteiger partial charge on any atom is -0.338 e. The highest BCUT2D eigenvalue weighted by Crippen LogP contribution is 2.14. The quantitative estimate of drug-likeness (QED) is 0.808. The molecule has 24 heavy (non-hydrogen) atoms. The summed E-state index contributed by atoms with van der Waals surface area (Å²) in [6.45, 7) is 6.15. The first-order valence-corrected chi connectivity index (χ1v) is 7.87. The normalized spacial score (nSPS) is 15.1. The van der Waals surface area contributed by atoms with Crippen LogP contribution in [-0.2, 0) is 11.3 Å². The summed E-state index contributed by atoms with van der Waals surface area (Å²) in [5.74, 6) is 0.127. The fourth-order valence-corrected chi connectivity index (χ4v) is 2.55. The molecule has 2 aromatic rings. The zero-order valence-corrected chi connectivity index (χ0v) is 13.7. The van der Waals surface area contributed by atoms with Gasteiger partial charge in [0.2, 0.25) is 5.91 Å². The molecule has 3 rings (SSSR count). The SMILES string of the molecule is CC(C)c1cc(C(=O)N2CCN(C(=O)Cn3cnnn3)CC2)n[nH]1. The zero-order valence-electron chi connectivity index (χ0n) is 13.7. The minimum atomic E-state index is -0.106. The third kappa shape index (κ3) is 3.42. The number of piperazine rings is 1.